The molecule has 3 rings (SSSR count). The molecule has 3 amide bonds. The van der Waals surface area contributed by atoms with Crippen LogP contribution in [-0.2, 0) is 19.5 Å². The number of nitrogens with zero attached hydrogens (tertiary/aromatic N) is 3. The maximum Gasteiger partial charge on any atom is 1.00 e. The number of carbonyl (C=O) groups is 2. The molecule has 2 saturated heterocycles. The molecule has 10 nitrogen and oxygen atoms in total. The number of hydrogen-bond donors (Lipinski definition) is 1. The van der Waals surface area contributed by atoms with Crippen molar-refractivity contribution >= 4 is 33.7 Å². The number of carbonyl (C=O) groups excluding carboxylic acids is 2. The van der Waals surface area contributed by atoms with Crippen LogP contribution in [0.5, 0.6) is 0 Å². The smallest absolute Gasteiger partial charge is 0.724 e. The Morgan fingerprint density at radius 3 is 2.67 bits per heavy atom. The number of rotatable bonds is 5. The minimum atomic E-state index is -5.06. The Bertz CT molecular complexity index is 833. The van der Waals surface area contributed by atoms with Crippen molar-refractivity contribution in [3.8, 4) is 0 Å². The molecule has 142 valence electrons. The first-order chi connectivity index (χ1) is 12.2. The average molecular weight is 406 g/mol. The molecule has 2 aliphatic heterocycles. The fraction of sp³-hybridized carbons (Fsp3) is 0.467. The minimum Gasteiger partial charge on any atom is -0.724 e. The van der Waals surface area contributed by atoms with Gasteiger partial charge in [0.2, 0.25) is 16.3 Å². The third-order valence-electron chi connectivity index (χ3n) is 4.43. The molecular weight excluding hydrogens is 387 g/mol. The van der Waals surface area contributed by atoms with E-state index >= 15 is 0 Å². The molecule has 2 aliphatic rings. The summed E-state index contributed by atoms with van der Waals surface area (Å²) >= 11 is 0. The monoisotopic (exact) mass is 406 g/mol. The average Bonchev–Trinajstić information content (AvgIpc) is 2.78. The number of piperidine rings is 1. The molecule has 1 aromatic carbocycles. The van der Waals surface area contributed by atoms with Crippen LogP contribution in [0.1, 0.15) is 12.8 Å². The van der Waals surface area contributed by atoms with Gasteiger partial charge in [0.25, 0.3) is 0 Å². The third kappa shape index (κ3) is 4.92. The zero-order valence-electron chi connectivity index (χ0n) is 15.3. The summed E-state index contributed by atoms with van der Waals surface area (Å²) < 4.78 is 36.6. The van der Waals surface area contributed by atoms with Gasteiger partial charge in [-0.3, -0.25) is 4.79 Å². The van der Waals surface area contributed by atoms with Gasteiger partial charge in [-0.05, 0) is 31.0 Å². The maximum absolute atomic E-state index is 12.6. The first kappa shape index (κ1) is 21.9. The van der Waals surface area contributed by atoms with E-state index in [-0.39, 0.29) is 42.0 Å². The van der Waals surface area contributed by atoms with Crippen molar-refractivity contribution in [3.05, 3.63) is 24.3 Å². The summed E-state index contributed by atoms with van der Waals surface area (Å²) in [5.74, 6) is -0.375. The number of hydrogen-bond acceptors (Lipinski definition) is 7. The van der Waals surface area contributed by atoms with E-state index in [4.69, 9.17) is 0 Å². The molecular formula is C15H19N4NaO6S. The molecule has 0 saturated carbocycles. The zero-order valence-corrected chi connectivity index (χ0v) is 18.1. The summed E-state index contributed by atoms with van der Waals surface area (Å²) in [5, 5.41) is 3.33. The molecule has 0 aliphatic carbocycles. The zero-order chi connectivity index (χ0) is 19.1. The topological polar surface area (TPSA) is 122 Å². The van der Waals surface area contributed by atoms with Gasteiger partial charge < -0.3 is 19.7 Å². The van der Waals surface area contributed by atoms with Gasteiger partial charge in [0.15, 0.2) is 0 Å². The van der Waals surface area contributed by atoms with Gasteiger partial charge in [0, 0.05) is 32.0 Å². The molecule has 0 spiro atoms. The van der Waals surface area contributed by atoms with E-state index in [1.54, 1.807) is 18.2 Å². The van der Waals surface area contributed by atoms with E-state index in [1.807, 2.05) is 25.1 Å². The van der Waals surface area contributed by atoms with Gasteiger partial charge >= 0.3 is 35.6 Å². The Kier molecular flexibility index (Phi) is 6.77. The summed E-state index contributed by atoms with van der Waals surface area (Å²) in [6.45, 7) is 0.129. The Morgan fingerprint density at radius 2 is 2.04 bits per heavy atom. The number of fused-ring (bicyclic) bond motifs is 2. The Balaban J connectivity index is 0.00000261. The van der Waals surface area contributed by atoms with E-state index in [1.165, 1.54) is 4.90 Å². The van der Waals surface area contributed by atoms with E-state index in [0.717, 1.165) is 5.69 Å². The van der Waals surface area contributed by atoms with Crippen molar-refractivity contribution < 1.29 is 56.4 Å². The number of benzene rings is 1. The molecule has 1 aromatic rings. The summed E-state index contributed by atoms with van der Waals surface area (Å²) in [7, 11) is -1.30. The van der Waals surface area contributed by atoms with Crippen molar-refractivity contribution in [2.45, 2.75) is 24.9 Å². The summed E-state index contributed by atoms with van der Waals surface area (Å²) in [6, 6.07) is 5.11. The van der Waals surface area contributed by atoms with Crippen LogP contribution in [0.3, 0.4) is 0 Å². The quantitative estimate of drug-likeness (QED) is 0.322. The van der Waals surface area contributed by atoms with E-state index < -0.39 is 28.5 Å². The largest absolute Gasteiger partial charge is 1.00 e. The summed E-state index contributed by atoms with van der Waals surface area (Å²) in [4.78, 5) is 28.0. The second-order valence-corrected chi connectivity index (χ2v) is 7.39. The molecule has 0 aromatic heterocycles. The first-order valence-electron chi connectivity index (χ1n) is 7.99. The Labute approximate surface area is 179 Å². The Hall–Kier alpha value is -1.37. The van der Waals surface area contributed by atoms with Crippen LogP contribution >= 0.6 is 0 Å². The molecule has 27 heavy (non-hydrogen) atoms. The number of urea groups is 1. The molecule has 1 N–H and O–H groups in total. The van der Waals surface area contributed by atoms with Crippen LogP contribution in [0, 0.1) is 0 Å². The van der Waals surface area contributed by atoms with Gasteiger partial charge in [0.1, 0.15) is 6.04 Å². The van der Waals surface area contributed by atoms with E-state index in [0.29, 0.717) is 23.6 Å². The van der Waals surface area contributed by atoms with Crippen LogP contribution < -0.4 is 39.8 Å². The van der Waals surface area contributed by atoms with Gasteiger partial charge in [-0.25, -0.2) is 13.2 Å². The first-order valence-corrected chi connectivity index (χ1v) is 9.32. The molecule has 12 heteroatoms. The van der Waals surface area contributed by atoms with Crippen molar-refractivity contribution in [1.82, 2.24) is 9.96 Å². The van der Waals surface area contributed by atoms with E-state index in [2.05, 4.69) is 9.60 Å². The number of anilines is 2. The molecule has 2 heterocycles. The summed E-state index contributed by atoms with van der Waals surface area (Å²) in [5.41, 5.74) is 1.49. The number of nitrogens with one attached hydrogen (secondary N) is 1. The molecule has 2 atom stereocenters. The SMILES string of the molecule is CN(C)c1cccc(NC(=O)[C@H]2CC[C@@H]3CN2C(=O)N3OS(=O)(=O)[O-])c1.[Na+]. The van der Waals surface area contributed by atoms with E-state index in [9.17, 15) is 22.6 Å². The standard InChI is InChI=1S/C15H20N4O6S.Na/c1-17(2)11-5-3-4-10(8-11)16-14(20)13-7-6-12-9-18(13)15(21)19(12)25-26(22,23)24;/h3-5,8,12-13H,6-7,9H2,1-2H3,(H,16,20)(H,22,23,24);/q;+1/p-1/t12-,13-;/m1./s1. The van der Waals surface area contributed by atoms with Crippen molar-refractivity contribution in [2.24, 2.45) is 0 Å². The van der Waals surface area contributed by atoms with Crippen molar-refractivity contribution in [1.29, 1.82) is 0 Å². The second-order valence-electron chi connectivity index (χ2n) is 6.42. The fourth-order valence-electron chi connectivity index (χ4n) is 3.19. The van der Waals surface area contributed by atoms with Crippen molar-refractivity contribution in [2.75, 3.05) is 30.9 Å². The number of hydroxylamine groups is 2. The maximum atomic E-state index is 12.6. The van der Waals surface area contributed by atoms with Crippen LogP contribution in [-0.4, -0.2) is 67.6 Å². The normalized spacial score (nSPS) is 21.7. The van der Waals surface area contributed by atoms with Crippen LogP contribution in [0.25, 0.3) is 0 Å². The van der Waals surface area contributed by atoms with Crippen LogP contribution in [0.2, 0.25) is 0 Å². The third-order valence-corrected chi connectivity index (χ3v) is 4.77. The predicted octanol–water partition coefficient (Wildman–Crippen LogP) is -2.64. The molecule has 2 bridgehead atoms. The van der Waals surface area contributed by atoms with Gasteiger partial charge in [-0.15, -0.1) is 0 Å². The molecule has 0 radical (unpaired) electrons. The molecule has 0 unspecified atom stereocenters. The van der Waals surface area contributed by atoms with Crippen LogP contribution in [0.15, 0.2) is 24.3 Å². The van der Waals surface area contributed by atoms with Crippen molar-refractivity contribution in [3.63, 3.8) is 0 Å². The van der Waals surface area contributed by atoms with Gasteiger partial charge in [0.05, 0.1) is 6.04 Å². The second kappa shape index (κ2) is 8.33. The minimum absolute atomic E-state index is 0. The van der Waals surface area contributed by atoms with Gasteiger partial charge in [-0.2, -0.15) is 9.35 Å². The van der Waals surface area contributed by atoms with Crippen LogP contribution in [0.4, 0.5) is 16.2 Å². The van der Waals surface area contributed by atoms with Gasteiger partial charge in [-0.1, -0.05) is 6.07 Å². The number of amides is 3. The predicted molar refractivity (Wildman–Crippen MR) is 90.9 cm³/mol. The fourth-order valence-corrected chi connectivity index (χ4v) is 3.57. The summed E-state index contributed by atoms with van der Waals surface area (Å²) in [6.07, 6.45) is 0.696. The molecule has 2 fully saturated rings. The Morgan fingerprint density at radius 1 is 1.33 bits per heavy atom.